The highest BCUT2D eigenvalue weighted by Gasteiger charge is 2.12. The Morgan fingerprint density at radius 2 is 2.27 bits per heavy atom. The van der Waals surface area contributed by atoms with Gasteiger partial charge in [-0.05, 0) is 13.0 Å². The van der Waals surface area contributed by atoms with Crippen LogP contribution in [0.1, 0.15) is 5.82 Å². The van der Waals surface area contributed by atoms with Crippen molar-refractivity contribution in [3.63, 3.8) is 0 Å². The summed E-state index contributed by atoms with van der Waals surface area (Å²) in [6, 6.07) is 1.52. The van der Waals surface area contributed by atoms with Crippen LogP contribution in [0.2, 0.25) is 10.0 Å². The molecule has 0 aliphatic carbocycles. The lowest BCUT2D eigenvalue weighted by Gasteiger charge is -2.07. The first-order chi connectivity index (χ1) is 10.5. The molecule has 1 amide bonds. The molecule has 2 rings (SSSR count). The van der Waals surface area contributed by atoms with Crippen molar-refractivity contribution in [2.75, 3.05) is 11.1 Å². The second kappa shape index (κ2) is 7.62. The van der Waals surface area contributed by atoms with Crippen LogP contribution < -0.4 is 5.32 Å². The Kier molecular flexibility index (Phi) is 5.82. The predicted molar refractivity (Wildman–Crippen MR) is 88.6 cm³/mol. The fourth-order valence-electron chi connectivity index (χ4n) is 1.61. The van der Waals surface area contributed by atoms with Crippen molar-refractivity contribution in [3.8, 4) is 0 Å². The maximum atomic E-state index is 12.0. The third-order valence-corrected chi connectivity index (χ3v) is 4.07. The lowest BCUT2D eigenvalue weighted by Crippen LogP contribution is -2.16. The predicted octanol–water partition coefficient (Wildman–Crippen LogP) is 3.21. The molecule has 0 fully saturated rings. The third kappa shape index (κ3) is 4.22. The Morgan fingerprint density at radius 1 is 1.50 bits per heavy atom. The minimum atomic E-state index is -0.243. The van der Waals surface area contributed by atoms with Gasteiger partial charge < -0.3 is 9.88 Å². The van der Waals surface area contributed by atoms with Crippen LogP contribution in [0, 0.1) is 6.92 Å². The molecular formula is C13H13Cl2N5OS. The van der Waals surface area contributed by atoms with Gasteiger partial charge in [-0.2, -0.15) is 0 Å². The highest BCUT2D eigenvalue weighted by molar-refractivity contribution is 7.99. The molecule has 0 radical (unpaired) electrons. The van der Waals surface area contributed by atoms with E-state index in [4.69, 9.17) is 23.2 Å². The van der Waals surface area contributed by atoms with Crippen molar-refractivity contribution in [1.82, 2.24) is 19.7 Å². The number of thioether (sulfide) groups is 1. The summed E-state index contributed by atoms with van der Waals surface area (Å²) in [6.45, 7) is 6.12. The lowest BCUT2D eigenvalue weighted by atomic mass is 10.4. The average molecular weight is 358 g/mol. The summed E-state index contributed by atoms with van der Waals surface area (Å²) >= 11 is 13.0. The summed E-state index contributed by atoms with van der Waals surface area (Å²) < 4.78 is 1.87. The molecule has 1 N–H and O–H groups in total. The average Bonchev–Trinajstić information content (AvgIpc) is 2.81. The molecule has 0 saturated heterocycles. The van der Waals surface area contributed by atoms with Crippen LogP contribution in [0.5, 0.6) is 0 Å². The number of carbonyl (C=O) groups excluding carboxylic acids is 1. The van der Waals surface area contributed by atoms with E-state index in [-0.39, 0.29) is 22.5 Å². The van der Waals surface area contributed by atoms with Gasteiger partial charge in [0.05, 0.1) is 15.8 Å². The number of pyridine rings is 1. The van der Waals surface area contributed by atoms with Gasteiger partial charge in [0.1, 0.15) is 5.82 Å². The number of nitrogens with zero attached hydrogens (tertiary/aromatic N) is 4. The van der Waals surface area contributed by atoms with Crippen molar-refractivity contribution in [3.05, 3.63) is 40.8 Å². The normalized spacial score (nSPS) is 10.5. The van der Waals surface area contributed by atoms with E-state index in [9.17, 15) is 4.79 Å². The molecule has 0 unspecified atom stereocenters. The summed E-state index contributed by atoms with van der Waals surface area (Å²) in [6.07, 6.45) is 3.16. The van der Waals surface area contributed by atoms with Gasteiger partial charge in [-0.1, -0.05) is 41.0 Å². The van der Waals surface area contributed by atoms with Crippen LogP contribution in [0.15, 0.2) is 30.1 Å². The number of anilines is 1. The molecule has 2 aromatic heterocycles. The molecule has 0 saturated carbocycles. The van der Waals surface area contributed by atoms with Crippen LogP contribution in [-0.2, 0) is 11.3 Å². The second-order valence-corrected chi connectivity index (χ2v) is 6.04. The molecule has 2 aromatic rings. The van der Waals surface area contributed by atoms with Crippen LogP contribution in [0.4, 0.5) is 5.82 Å². The molecular weight excluding hydrogens is 345 g/mol. The molecule has 0 aliphatic rings. The number of amides is 1. The SMILES string of the molecule is C=CCn1c(C)nnc1SCC(=O)Nc1ncc(Cl)cc1Cl. The van der Waals surface area contributed by atoms with E-state index >= 15 is 0 Å². The van der Waals surface area contributed by atoms with Gasteiger partial charge in [0, 0.05) is 12.7 Å². The molecule has 116 valence electrons. The van der Waals surface area contributed by atoms with E-state index in [2.05, 4.69) is 27.1 Å². The van der Waals surface area contributed by atoms with Gasteiger partial charge in [-0.15, -0.1) is 16.8 Å². The quantitative estimate of drug-likeness (QED) is 0.634. The number of nitrogens with one attached hydrogen (secondary N) is 1. The van der Waals surface area contributed by atoms with Gasteiger partial charge in [-0.25, -0.2) is 4.98 Å². The summed E-state index contributed by atoms with van der Waals surface area (Å²) in [5, 5.41) is 12.0. The van der Waals surface area contributed by atoms with E-state index in [0.29, 0.717) is 16.7 Å². The van der Waals surface area contributed by atoms with E-state index < -0.39 is 0 Å². The number of aryl methyl sites for hydroxylation is 1. The second-order valence-electron chi connectivity index (χ2n) is 4.25. The van der Waals surface area contributed by atoms with Crippen molar-refractivity contribution >= 4 is 46.7 Å². The molecule has 22 heavy (non-hydrogen) atoms. The minimum Gasteiger partial charge on any atom is -0.309 e. The van der Waals surface area contributed by atoms with Crippen molar-refractivity contribution < 1.29 is 4.79 Å². The van der Waals surface area contributed by atoms with Crippen molar-refractivity contribution in [2.45, 2.75) is 18.6 Å². The Labute approximate surface area is 141 Å². The highest BCUT2D eigenvalue weighted by atomic mass is 35.5. The number of hydrogen-bond acceptors (Lipinski definition) is 5. The number of aromatic nitrogens is 4. The minimum absolute atomic E-state index is 0.163. The van der Waals surface area contributed by atoms with Gasteiger partial charge in [0.15, 0.2) is 11.0 Å². The summed E-state index contributed by atoms with van der Waals surface area (Å²) in [7, 11) is 0. The highest BCUT2D eigenvalue weighted by Crippen LogP contribution is 2.23. The maximum Gasteiger partial charge on any atom is 0.236 e. The largest absolute Gasteiger partial charge is 0.309 e. The first-order valence-electron chi connectivity index (χ1n) is 6.25. The van der Waals surface area contributed by atoms with Gasteiger partial charge in [-0.3, -0.25) is 4.79 Å². The Hall–Kier alpha value is -1.57. The molecule has 0 aliphatic heterocycles. The molecule has 0 bridgehead atoms. The molecule has 2 heterocycles. The maximum absolute atomic E-state index is 12.0. The monoisotopic (exact) mass is 357 g/mol. The smallest absolute Gasteiger partial charge is 0.236 e. The number of hydrogen-bond donors (Lipinski definition) is 1. The number of carbonyl (C=O) groups is 1. The van der Waals surface area contributed by atoms with E-state index in [0.717, 1.165) is 5.82 Å². The fourth-order valence-corrected chi connectivity index (χ4v) is 2.83. The van der Waals surface area contributed by atoms with Crippen LogP contribution in [0.3, 0.4) is 0 Å². The summed E-state index contributed by atoms with van der Waals surface area (Å²) in [5.74, 6) is 0.966. The zero-order chi connectivity index (χ0) is 16.1. The van der Waals surface area contributed by atoms with Crippen LogP contribution >= 0.6 is 35.0 Å². The number of allylic oxidation sites excluding steroid dienone is 1. The number of rotatable bonds is 6. The van der Waals surface area contributed by atoms with Gasteiger partial charge in [0.25, 0.3) is 0 Å². The van der Waals surface area contributed by atoms with Crippen LogP contribution in [-0.4, -0.2) is 31.4 Å². The first kappa shape index (κ1) is 16.8. The standard InChI is InChI=1S/C13H13Cl2N5OS/c1-3-4-20-8(2)18-19-13(20)22-7-11(21)17-12-10(15)5-9(14)6-16-12/h3,5-6H,1,4,7H2,2H3,(H,16,17,21). The fraction of sp³-hybridized carbons (Fsp3) is 0.231. The van der Waals surface area contributed by atoms with Crippen molar-refractivity contribution in [2.24, 2.45) is 0 Å². The van der Waals surface area contributed by atoms with Gasteiger partial charge >= 0.3 is 0 Å². The summed E-state index contributed by atoms with van der Waals surface area (Å²) in [5.41, 5.74) is 0. The first-order valence-corrected chi connectivity index (χ1v) is 7.99. The van der Waals surface area contributed by atoms with E-state index in [1.165, 1.54) is 24.0 Å². The molecule has 9 heteroatoms. The third-order valence-electron chi connectivity index (χ3n) is 2.61. The van der Waals surface area contributed by atoms with E-state index in [1.807, 2.05) is 11.5 Å². The molecule has 0 aromatic carbocycles. The lowest BCUT2D eigenvalue weighted by molar-refractivity contribution is -0.113. The number of halogens is 2. The Bertz CT molecular complexity index is 704. The summed E-state index contributed by atoms with van der Waals surface area (Å²) in [4.78, 5) is 15.9. The van der Waals surface area contributed by atoms with E-state index in [1.54, 1.807) is 6.08 Å². The van der Waals surface area contributed by atoms with Crippen LogP contribution in [0.25, 0.3) is 0 Å². The topological polar surface area (TPSA) is 72.7 Å². The molecule has 6 nitrogen and oxygen atoms in total. The Morgan fingerprint density at radius 3 is 2.95 bits per heavy atom. The van der Waals surface area contributed by atoms with Gasteiger partial charge in [0.2, 0.25) is 5.91 Å². The Balaban J connectivity index is 1.97. The molecule has 0 atom stereocenters. The zero-order valence-corrected chi connectivity index (χ0v) is 14.0. The zero-order valence-electron chi connectivity index (χ0n) is 11.7. The molecule has 0 spiro atoms. The van der Waals surface area contributed by atoms with Crippen molar-refractivity contribution in [1.29, 1.82) is 0 Å².